The van der Waals surface area contributed by atoms with Crippen LogP contribution in [0, 0.1) is 23.5 Å². The Morgan fingerprint density at radius 1 is 1.15 bits per heavy atom. The molecule has 1 aromatic carbocycles. The molecule has 0 amide bonds. The van der Waals surface area contributed by atoms with E-state index in [1.165, 1.54) is 12.3 Å². The molecule has 3 heterocycles. The van der Waals surface area contributed by atoms with E-state index in [1.54, 1.807) is 24.4 Å². The zero-order valence-electron chi connectivity index (χ0n) is 15.6. The second kappa shape index (κ2) is 6.39. The van der Waals surface area contributed by atoms with Crippen molar-refractivity contribution in [3.8, 4) is 11.1 Å². The van der Waals surface area contributed by atoms with E-state index in [1.807, 2.05) is 20.9 Å². The summed E-state index contributed by atoms with van der Waals surface area (Å²) in [4.78, 5) is 9.03. The van der Waals surface area contributed by atoms with Crippen LogP contribution in [0.3, 0.4) is 0 Å². The van der Waals surface area contributed by atoms with Crippen LogP contribution in [-0.4, -0.2) is 40.1 Å². The van der Waals surface area contributed by atoms with Gasteiger partial charge < -0.3 is 15.0 Å². The molecule has 1 aliphatic heterocycles. The number of benzene rings is 1. The van der Waals surface area contributed by atoms with Crippen LogP contribution in [0.2, 0.25) is 0 Å². The molecule has 2 aromatic heterocycles. The molecular formula is C21H23F2N3O. The lowest BCUT2D eigenvalue weighted by molar-refractivity contribution is -0.110. The van der Waals surface area contributed by atoms with E-state index in [-0.39, 0.29) is 11.8 Å². The predicted octanol–water partition coefficient (Wildman–Crippen LogP) is 3.91. The number of aromatic amines is 1. The summed E-state index contributed by atoms with van der Waals surface area (Å²) in [7, 11) is 2.01. The van der Waals surface area contributed by atoms with Gasteiger partial charge in [0.15, 0.2) is 5.82 Å². The van der Waals surface area contributed by atoms with Gasteiger partial charge in [0.1, 0.15) is 11.5 Å². The number of likely N-dealkylation sites (tertiary alicyclic amines) is 1. The van der Waals surface area contributed by atoms with Crippen molar-refractivity contribution in [3.05, 3.63) is 53.9 Å². The van der Waals surface area contributed by atoms with E-state index >= 15 is 4.39 Å². The summed E-state index contributed by atoms with van der Waals surface area (Å²) in [6.45, 7) is 5.28. The van der Waals surface area contributed by atoms with Gasteiger partial charge in [-0.25, -0.2) is 13.8 Å². The topological polar surface area (TPSA) is 52.1 Å². The maximum absolute atomic E-state index is 15.1. The van der Waals surface area contributed by atoms with E-state index in [2.05, 4.69) is 14.9 Å². The zero-order valence-corrected chi connectivity index (χ0v) is 15.6. The normalized spacial score (nSPS) is 26.6. The molecule has 3 aromatic rings. The number of aliphatic hydroxyl groups is 1. The van der Waals surface area contributed by atoms with Gasteiger partial charge in [0, 0.05) is 42.9 Å². The molecule has 0 bridgehead atoms. The molecule has 0 spiro atoms. The molecule has 3 atom stereocenters. The van der Waals surface area contributed by atoms with Crippen LogP contribution >= 0.6 is 0 Å². The first-order valence-corrected chi connectivity index (χ1v) is 9.15. The van der Waals surface area contributed by atoms with Gasteiger partial charge in [0.25, 0.3) is 0 Å². The molecule has 1 fully saturated rings. The molecule has 0 aliphatic carbocycles. The van der Waals surface area contributed by atoms with Crippen LogP contribution in [0.5, 0.6) is 0 Å². The summed E-state index contributed by atoms with van der Waals surface area (Å²) in [5.41, 5.74) is 0.617. The van der Waals surface area contributed by atoms with Gasteiger partial charge in [-0.05, 0) is 30.3 Å². The third-order valence-corrected chi connectivity index (χ3v) is 5.91. The first-order chi connectivity index (χ1) is 12.8. The van der Waals surface area contributed by atoms with E-state index in [9.17, 15) is 9.50 Å². The number of pyridine rings is 1. The van der Waals surface area contributed by atoms with Gasteiger partial charge in [-0.1, -0.05) is 26.0 Å². The summed E-state index contributed by atoms with van der Waals surface area (Å²) >= 11 is 0. The second-order valence-corrected chi connectivity index (χ2v) is 7.76. The number of rotatable bonds is 2. The standard InChI is InChI=1S/C21H23F2N3O/c1-12-10-26(3)11-13(2)21(12,27)16-5-4-14(8-17(16)22)15-6-7-24-20-19(15)18(23)9-25-20/h4-9,12-13,27H,10-11H2,1-3H3,(H,24,25)/t12-,13+,21-. The Bertz CT molecular complexity index is 988. The quantitative estimate of drug-likeness (QED) is 0.718. The maximum atomic E-state index is 15.1. The maximum Gasteiger partial charge on any atom is 0.150 e. The SMILES string of the molecule is C[C@@H]1CN(C)C[C@H](C)[C@@]1(O)c1ccc(-c2ccnc3[nH]cc(F)c23)cc1F. The minimum Gasteiger partial charge on any atom is -0.384 e. The Morgan fingerprint density at radius 3 is 2.52 bits per heavy atom. The Morgan fingerprint density at radius 2 is 1.85 bits per heavy atom. The van der Waals surface area contributed by atoms with Gasteiger partial charge in [0.05, 0.1) is 11.0 Å². The molecule has 0 saturated carbocycles. The lowest BCUT2D eigenvalue weighted by atomic mass is 9.70. The Balaban J connectivity index is 1.80. The van der Waals surface area contributed by atoms with Crippen molar-refractivity contribution in [2.75, 3.05) is 20.1 Å². The summed E-state index contributed by atoms with van der Waals surface area (Å²) < 4.78 is 29.3. The van der Waals surface area contributed by atoms with Crippen LogP contribution in [0.25, 0.3) is 22.2 Å². The molecule has 4 nitrogen and oxygen atoms in total. The number of nitrogens with one attached hydrogen (secondary N) is 1. The van der Waals surface area contributed by atoms with E-state index in [4.69, 9.17) is 0 Å². The van der Waals surface area contributed by atoms with Crippen molar-refractivity contribution in [2.45, 2.75) is 19.4 Å². The van der Waals surface area contributed by atoms with Gasteiger partial charge >= 0.3 is 0 Å². The van der Waals surface area contributed by atoms with Crippen molar-refractivity contribution in [1.82, 2.24) is 14.9 Å². The van der Waals surface area contributed by atoms with Crippen molar-refractivity contribution in [2.24, 2.45) is 11.8 Å². The monoisotopic (exact) mass is 371 g/mol. The number of hydrogen-bond donors (Lipinski definition) is 2. The molecule has 1 saturated heterocycles. The highest BCUT2D eigenvalue weighted by Crippen LogP contribution is 2.43. The molecule has 1 aliphatic rings. The Labute approximate surface area is 156 Å². The van der Waals surface area contributed by atoms with Crippen molar-refractivity contribution < 1.29 is 13.9 Å². The number of fused-ring (bicyclic) bond motifs is 1. The number of H-pyrrole nitrogens is 1. The van der Waals surface area contributed by atoms with Crippen LogP contribution in [0.1, 0.15) is 19.4 Å². The highest BCUT2D eigenvalue weighted by Gasteiger charge is 2.46. The molecule has 6 heteroatoms. The minimum absolute atomic E-state index is 0.110. The zero-order chi connectivity index (χ0) is 19.3. The lowest BCUT2D eigenvalue weighted by Gasteiger charge is -2.47. The first kappa shape index (κ1) is 18.1. The van der Waals surface area contributed by atoms with Gasteiger partial charge in [-0.15, -0.1) is 0 Å². The van der Waals surface area contributed by atoms with Crippen LogP contribution < -0.4 is 0 Å². The number of halogens is 2. The fourth-order valence-corrected chi connectivity index (χ4v) is 4.57. The van der Waals surface area contributed by atoms with Crippen LogP contribution in [0.15, 0.2) is 36.7 Å². The Kier molecular flexibility index (Phi) is 4.28. The van der Waals surface area contributed by atoms with Crippen molar-refractivity contribution in [3.63, 3.8) is 0 Å². The Hall–Kier alpha value is -2.31. The molecular weight excluding hydrogens is 348 g/mol. The smallest absolute Gasteiger partial charge is 0.150 e. The van der Waals surface area contributed by atoms with Gasteiger partial charge in [-0.2, -0.15) is 0 Å². The fourth-order valence-electron chi connectivity index (χ4n) is 4.57. The first-order valence-electron chi connectivity index (χ1n) is 9.15. The summed E-state index contributed by atoms with van der Waals surface area (Å²) in [6, 6.07) is 6.44. The van der Waals surface area contributed by atoms with E-state index in [0.717, 1.165) is 0 Å². The number of nitrogens with zero attached hydrogens (tertiary/aromatic N) is 2. The molecule has 142 valence electrons. The highest BCUT2D eigenvalue weighted by molar-refractivity contribution is 5.93. The van der Waals surface area contributed by atoms with Gasteiger partial charge in [0.2, 0.25) is 0 Å². The molecule has 0 radical (unpaired) electrons. The van der Waals surface area contributed by atoms with Crippen LogP contribution in [0.4, 0.5) is 8.78 Å². The molecule has 2 N–H and O–H groups in total. The summed E-state index contributed by atoms with van der Waals surface area (Å²) in [5, 5.41) is 11.7. The summed E-state index contributed by atoms with van der Waals surface area (Å²) in [5.74, 6) is -1.12. The number of piperidine rings is 1. The average Bonchev–Trinajstić information content (AvgIpc) is 3.01. The predicted molar refractivity (Wildman–Crippen MR) is 101 cm³/mol. The third kappa shape index (κ3) is 2.75. The van der Waals surface area contributed by atoms with Crippen molar-refractivity contribution >= 4 is 11.0 Å². The molecule has 0 unspecified atom stereocenters. The molecule has 27 heavy (non-hydrogen) atoms. The lowest BCUT2D eigenvalue weighted by Crippen LogP contribution is -2.53. The second-order valence-electron chi connectivity index (χ2n) is 7.76. The third-order valence-electron chi connectivity index (χ3n) is 5.91. The molecule has 4 rings (SSSR count). The summed E-state index contributed by atoms with van der Waals surface area (Å²) in [6.07, 6.45) is 2.81. The highest BCUT2D eigenvalue weighted by atomic mass is 19.1. The van der Waals surface area contributed by atoms with E-state index < -0.39 is 17.2 Å². The fraction of sp³-hybridized carbons (Fsp3) is 0.381. The minimum atomic E-state index is -1.23. The van der Waals surface area contributed by atoms with Gasteiger partial charge in [-0.3, -0.25) is 0 Å². The van der Waals surface area contributed by atoms with Crippen LogP contribution in [-0.2, 0) is 5.60 Å². The largest absolute Gasteiger partial charge is 0.384 e. The number of hydrogen-bond acceptors (Lipinski definition) is 3. The number of aromatic nitrogens is 2. The van der Waals surface area contributed by atoms with E-state index in [0.29, 0.717) is 40.8 Å². The average molecular weight is 371 g/mol. The van der Waals surface area contributed by atoms with Crippen molar-refractivity contribution in [1.29, 1.82) is 0 Å².